The molecule has 0 aromatic heterocycles. The van der Waals surface area contributed by atoms with Crippen LogP contribution in [0.5, 0.6) is 0 Å². The molecular formula is C9H12Br3F3O2. The summed E-state index contributed by atoms with van der Waals surface area (Å²) < 4.78 is 35.6. The van der Waals surface area contributed by atoms with E-state index in [4.69, 9.17) is 5.11 Å². The van der Waals surface area contributed by atoms with Crippen molar-refractivity contribution in [2.75, 3.05) is 0 Å². The number of halogens is 6. The first kappa shape index (κ1) is 17.7. The first-order chi connectivity index (χ1) is 7.29. The van der Waals surface area contributed by atoms with Gasteiger partial charge in [-0.3, -0.25) is 4.79 Å². The van der Waals surface area contributed by atoms with Crippen LogP contribution in [0.1, 0.15) is 26.7 Å². The smallest absolute Gasteiger partial charge is 0.413 e. The number of alkyl halides is 6. The number of carboxylic acids is 1. The number of aliphatic carboxylic acids is 1. The summed E-state index contributed by atoms with van der Waals surface area (Å²) in [5.74, 6) is -1.04. The van der Waals surface area contributed by atoms with Crippen LogP contribution in [0.3, 0.4) is 0 Å². The number of carboxylic acid groups (broad SMARTS) is 1. The Balaban J connectivity index is 4.75. The van der Waals surface area contributed by atoms with Gasteiger partial charge in [0.25, 0.3) is 0 Å². The summed E-state index contributed by atoms with van der Waals surface area (Å²) in [6, 6.07) is 0. The van der Waals surface area contributed by atoms with E-state index < -0.39 is 25.6 Å². The number of hydrogen-bond donors (Lipinski definition) is 1. The van der Waals surface area contributed by atoms with Crippen LogP contribution in [0.2, 0.25) is 0 Å². The van der Waals surface area contributed by atoms with Crippen LogP contribution < -0.4 is 0 Å². The van der Waals surface area contributed by atoms with Crippen molar-refractivity contribution in [1.29, 1.82) is 0 Å². The topological polar surface area (TPSA) is 37.3 Å². The number of rotatable bonds is 5. The van der Waals surface area contributed by atoms with Crippen molar-refractivity contribution in [3.63, 3.8) is 0 Å². The standard InChI is InChI=1S/C9H12Br3F3O2/c1-7(2,4-6(16)17)5(10)3-8(11,12)9(13,14)15/h5H,3-4H2,1-2H3,(H,16,17). The van der Waals surface area contributed by atoms with Gasteiger partial charge in [0.2, 0.25) is 0 Å². The highest BCUT2D eigenvalue weighted by molar-refractivity contribution is 9.25. The normalized spacial score (nSPS) is 15.8. The SMILES string of the molecule is CC(C)(CC(=O)O)C(Br)CC(Br)(Br)C(F)(F)F. The summed E-state index contributed by atoms with van der Waals surface area (Å²) >= 11 is 8.28. The Hall–Kier alpha value is 0.700. The van der Waals surface area contributed by atoms with Gasteiger partial charge >= 0.3 is 12.1 Å². The Bertz CT molecular complexity index is 290. The minimum atomic E-state index is -4.46. The van der Waals surface area contributed by atoms with Crippen molar-refractivity contribution in [2.45, 2.75) is 40.9 Å². The minimum absolute atomic E-state index is 0.211. The predicted octanol–water partition coefficient (Wildman–Crippen LogP) is 4.69. The Kier molecular flexibility index (Phi) is 6.01. The summed E-state index contributed by atoms with van der Waals surface area (Å²) in [4.78, 5) is 10.0. The third kappa shape index (κ3) is 5.46. The second-order valence-corrected chi connectivity index (χ2v) is 9.31. The molecule has 0 radical (unpaired) electrons. The Morgan fingerprint density at radius 2 is 1.71 bits per heavy atom. The zero-order chi connectivity index (χ0) is 14.1. The van der Waals surface area contributed by atoms with E-state index in [2.05, 4.69) is 47.8 Å². The van der Waals surface area contributed by atoms with Crippen molar-refractivity contribution in [1.82, 2.24) is 0 Å². The van der Waals surface area contributed by atoms with Gasteiger partial charge in [-0.15, -0.1) is 0 Å². The van der Waals surface area contributed by atoms with E-state index in [9.17, 15) is 18.0 Å². The molecule has 0 aromatic rings. The molecule has 17 heavy (non-hydrogen) atoms. The zero-order valence-electron chi connectivity index (χ0n) is 9.11. The van der Waals surface area contributed by atoms with Crippen molar-refractivity contribution in [2.24, 2.45) is 5.41 Å². The molecule has 0 saturated carbocycles. The lowest BCUT2D eigenvalue weighted by Crippen LogP contribution is -2.39. The highest BCUT2D eigenvalue weighted by Gasteiger charge is 2.53. The molecule has 0 aliphatic rings. The van der Waals surface area contributed by atoms with Gasteiger partial charge in [-0.1, -0.05) is 61.6 Å². The Morgan fingerprint density at radius 3 is 2.00 bits per heavy atom. The highest BCUT2D eigenvalue weighted by Crippen LogP contribution is 2.50. The second kappa shape index (κ2) is 5.77. The van der Waals surface area contributed by atoms with E-state index in [1.54, 1.807) is 13.8 Å². The van der Waals surface area contributed by atoms with Gasteiger partial charge in [0.05, 0.1) is 6.42 Å². The van der Waals surface area contributed by atoms with E-state index >= 15 is 0 Å². The van der Waals surface area contributed by atoms with E-state index in [-0.39, 0.29) is 12.8 Å². The molecule has 1 atom stereocenters. The van der Waals surface area contributed by atoms with Crippen LogP contribution in [-0.2, 0) is 4.79 Å². The van der Waals surface area contributed by atoms with Crippen molar-refractivity contribution < 1.29 is 23.1 Å². The lowest BCUT2D eigenvalue weighted by atomic mass is 9.83. The highest BCUT2D eigenvalue weighted by atomic mass is 79.9. The molecule has 2 nitrogen and oxygen atoms in total. The Morgan fingerprint density at radius 1 is 1.29 bits per heavy atom. The molecule has 0 spiro atoms. The van der Waals surface area contributed by atoms with Crippen LogP contribution in [0.25, 0.3) is 0 Å². The second-order valence-electron chi connectivity index (χ2n) is 4.43. The fraction of sp³-hybridized carbons (Fsp3) is 0.889. The van der Waals surface area contributed by atoms with Crippen LogP contribution in [0, 0.1) is 5.41 Å². The van der Waals surface area contributed by atoms with Gasteiger partial charge in [0, 0.05) is 4.83 Å². The van der Waals surface area contributed by atoms with Crippen LogP contribution in [-0.4, -0.2) is 25.3 Å². The maximum atomic E-state index is 12.6. The molecule has 102 valence electrons. The molecule has 0 saturated heterocycles. The van der Waals surface area contributed by atoms with E-state index in [0.29, 0.717) is 0 Å². The fourth-order valence-corrected chi connectivity index (χ4v) is 3.28. The molecule has 0 aliphatic heterocycles. The first-order valence-corrected chi connectivity index (χ1v) is 7.10. The maximum Gasteiger partial charge on any atom is 0.413 e. The molecule has 0 amide bonds. The molecule has 0 rings (SSSR count). The predicted molar refractivity (Wildman–Crippen MR) is 70.0 cm³/mol. The summed E-state index contributed by atoms with van der Waals surface area (Å²) in [6.07, 6.45) is -4.99. The van der Waals surface area contributed by atoms with E-state index in [1.807, 2.05) is 0 Å². The lowest BCUT2D eigenvalue weighted by molar-refractivity contribution is -0.140. The van der Waals surface area contributed by atoms with Gasteiger partial charge in [-0.05, 0) is 11.8 Å². The Labute approximate surface area is 123 Å². The van der Waals surface area contributed by atoms with Gasteiger partial charge in [-0.2, -0.15) is 13.2 Å². The average Bonchev–Trinajstić information content (AvgIpc) is 1.97. The van der Waals surface area contributed by atoms with Crippen LogP contribution >= 0.6 is 47.8 Å². The average molecular weight is 449 g/mol. The summed E-state index contributed by atoms with van der Waals surface area (Å²) in [6.45, 7) is 3.21. The molecule has 0 bridgehead atoms. The number of hydrogen-bond acceptors (Lipinski definition) is 1. The third-order valence-electron chi connectivity index (χ3n) is 2.31. The van der Waals surface area contributed by atoms with Gasteiger partial charge in [-0.25, -0.2) is 0 Å². The zero-order valence-corrected chi connectivity index (χ0v) is 13.9. The van der Waals surface area contributed by atoms with E-state index in [0.717, 1.165) is 0 Å². The summed E-state index contributed by atoms with van der Waals surface area (Å²) in [5.41, 5.74) is -0.788. The van der Waals surface area contributed by atoms with Crippen molar-refractivity contribution in [3.8, 4) is 0 Å². The molecule has 1 N–H and O–H groups in total. The number of carbonyl (C=O) groups is 1. The van der Waals surface area contributed by atoms with E-state index in [1.165, 1.54) is 0 Å². The molecule has 1 unspecified atom stereocenters. The minimum Gasteiger partial charge on any atom is -0.481 e. The van der Waals surface area contributed by atoms with Crippen molar-refractivity contribution in [3.05, 3.63) is 0 Å². The summed E-state index contributed by atoms with van der Waals surface area (Å²) in [7, 11) is 0. The van der Waals surface area contributed by atoms with Crippen molar-refractivity contribution >= 4 is 53.8 Å². The molecule has 0 aliphatic carbocycles. The lowest BCUT2D eigenvalue weighted by Gasteiger charge is -2.34. The molecule has 0 aromatic carbocycles. The molecule has 8 heteroatoms. The monoisotopic (exact) mass is 446 g/mol. The van der Waals surface area contributed by atoms with Crippen LogP contribution in [0.4, 0.5) is 13.2 Å². The maximum absolute atomic E-state index is 12.6. The largest absolute Gasteiger partial charge is 0.481 e. The fourth-order valence-electron chi connectivity index (χ4n) is 1.12. The van der Waals surface area contributed by atoms with Gasteiger partial charge in [0.15, 0.2) is 3.23 Å². The molecule has 0 heterocycles. The molecular weight excluding hydrogens is 437 g/mol. The first-order valence-electron chi connectivity index (χ1n) is 4.60. The summed E-state index contributed by atoms with van der Waals surface area (Å²) in [5, 5.41) is 8.69. The third-order valence-corrected chi connectivity index (χ3v) is 5.41. The quantitative estimate of drug-likeness (QED) is 0.619. The van der Waals surface area contributed by atoms with Gasteiger partial charge in [0.1, 0.15) is 0 Å². The molecule has 0 fully saturated rings. The van der Waals surface area contributed by atoms with Gasteiger partial charge < -0.3 is 5.11 Å². The van der Waals surface area contributed by atoms with Crippen LogP contribution in [0.15, 0.2) is 0 Å².